The highest BCUT2D eigenvalue weighted by Crippen LogP contribution is 2.38. The number of benzene rings is 1. The largest absolute Gasteiger partial charge is 0.372 e. The van der Waals surface area contributed by atoms with E-state index < -0.39 is 0 Å². The van der Waals surface area contributed by atoms with E-state index in [1.807, 2.05) is 24.3 Å². The molecular formula is C22H29N3O2. The summed E-state index contributed by atoms with van der Waals surface area (Å²) < 4.78 is 8.17. The zero-order valence-corrected chi connectivity index (χ0v) is 16.7. The van der Waals surface area contributed by atoms with Crippen LogP contribution in [0, 0.1) is 13.8 Å². The van der Waals surface area contributed by atoms with Gasteiger partial charge in [0, 0.05) is 30.5 Å². The Morgan fingerprint density at radius 2 is 1.78 bits per heavy atom. The highest BCUT2D eigenvalue weighted by molar-refractivity contribution is 6.07. The van der Waals surface area contributed by atoms with Crippen molar-refractivity contribution >= 4 is 17.3 Å². The van der Waals surface area contributed by atoms with Crippen LogP contribution in [-0.4, -0.2) is 35.8 Å². The van der Waals surface area contributed by atoms with Crippen LogP contribution in [-0.2, 0) is 4.74 Å². The summed E-state index contributed by atoms with van der Waals surface area (Å²) in [4.78, 5) is 15.3. The van der Waals surface area contributed by atoms with Crippen molar-refractivity contribution in [3.05, 3.63) is 47.3 Å². The van der Waals surface area contributed by atoms with Crippen molar-refractivity contribution in [1.29, 1.82) is 0 Å². The first-order valence-corrected chi connectivity index (χ1v) is 9.93. The summed E-state index contributed by atoms with van der Waals surface area (Å²) in [6, 6.07) is 10.7. The Hall–Kier alpha value is -2.27. The molecule has 1 aromatic heterocycles. The lowest BCUT2D eigenvalue weighted by Gasteiger charge is -2.37. The van der Waals surface area contributed by atoms with Gasteiger partial charge >= 0.3 is 0 Å². The lowest BCUT2D eigenvalue weighted by molar-refractivity contribution is -0.00517. The molecule has 1 amide bonds. The number of aryl methyl sites for hydroxylation is 1. The molecule has 0 bridgehead atoms. The van der Waals surface area contributed by atoms with E-state index in [-0.39, 0.29) is 18.1 Å². The fraction of sp³-hybridized carbons (Fsp3) is 0.500. The molecule has 0 spiro atoms. The number of ether oxygens (including phenoxy) is 1. The zero-order valence-electron chi connectivity index (χ0n) is 16.7. The Balaban J connectivity index is 1.58. The van der Waals surface area contributed by atoms with Gasteiger partial charge in [0.05, 0.1) is 29.1 Å². The monoisotopic (exact) mass is 367 g/mol. The molecule has 2 aromatic rings. The maximum absolute atomic E-state index is 13.0. The van der Waals surface area contributed by atoms with E-state index in [2.05, 4.69) is 48.5 Å². The summed E-state index contributed by atoms with van der Waals surface area (Å²) >= 11 is 0. The van der Waals surface area contributed by atoms with Gasteiger partial charge in [-0.1, -0.05) is 12.1 Å². The number of hydrogen-bond acceptors (Lipinski definition) is 3. The first-order valence-electron chi connectivity index (χ1n) is 9.93. The molecule has 2 atom stereocenters. The fourth-order valence-corrected chi connectivity index (χ4v) is 4.32. The van der Waals surface area contributed by atoms with Crippen molar-refractivity contribution in [1.82, 2.24) is 4.57 Å². The Bertz CT molecular complexity index is 843. The molecule has 2 fully saturated rings. The third-order valence-corrected chi connectivity index (χ3v) is 5.55. The quantitative estimate of drug-likeness (QED) is 0.876. The average molecular weight is 367 g/mol. The molecule has 1 aliphatic heterocycles. The number of rotatable bonds is 4. The number of carbonyl (C=O) groups excluding carboxylic acids is 1. The van der Waals surface area contributed by atoms with Crippen LogP contribution in [0.15, 0.2) is 30.3 Å². The van der Waals surface area contributed by atoms with Gasteiger partial charge in [-0.2, -0.15) is 0 Å². The molecule has 4 rings (SSSR count). The smallest absolute Gasteiger partial charge is 0.257 e. The predicted octanol–water partition coefficient (Wildman–Crippen LogP) is 4.31. The number of carbonyl (C=O) groups is 1. The highest BCUT2D eigenvalue weighted by atomic mass is 16.5. The number of para-hydroxylation sites is 2. The maximum Gasteiger partial charge on any atom is 0.257 e. The van der Waals surface area contributed by atoms with Gasteiger partial charge in [-0.15, -0.1) is 0 Å². The topological polar surface area (TPSA) is 46.5 Å². The van der Waals surface area contributed by atoms with Crippen molar-refractivity contribution < 1.29 is 9.53 Å². The van der Waals surface area contributed by atoms with Crippen LogP contribution in [0.3, 0.4) is 0 Å². The normalized spacial score (nSPS) is 22.7. The minimum atomic E-state index is -0.0307. The molecular weight excluding hydrogens is 338 g/mol. The number of nitrogens with one attached hydrogen (secondary N) is 1. The van der Waals surface area contributed by atoms with E-state index in [9.17, 15) is 4.79 Å². The molecule has 1 aliphatic carbocycles. The van der Waals surface area contributed by atoms with Crippen molar-refractivity contribution in [2.45, 2.75) is 58.8 Å². The molecule has 0 unspecified atom stereocenters. The van der Waals surface area contributed by atoms with Gasteiger partial charge in [-0.25, -0.2) is 0 Å². The third-order valence-electron chi connectivity index (χ3n) is 5.55. The lowest BCUT2D eigenvalue weighted by Crippen LogP contribution is -2.45. The summed E-state index contributed by atoms with van der Waals surface area (Å²) in [6.45, 7) is 9.98. The minimum Gasteiger partial charge on any atom is -0.372 e. The average Bonchev–Trinajstić information content (AvgIpc) is 3.39. The maximum atomic E-state index is 13.0. The molecule has 27 heavy (non-hydrogen) atoms. The van der Waals surface area contributed by atoms with Gasteiger partial charge < -0.3 is 19.5 Å². The Kier molecular flexibility index (Phi) is 4.72. The van der Waals surface area contributed by atoms with E-state index in [1.165, 1.54) is 18.5 Å². The third kappa shape index (κ3) is 3.61. The molecule has 1 saturated heterocycles. The number of hydrogen-bond donors (Lipinski definition) is 1. The second-order valence-corrected chi connectivity index (χ2v) is 8.02. The molecule has 1 N–H and O–H groups in total. The first-order chi connectivity index (χ1) is 12.9. The summed E-state index contributed by atoms with van der Waals surface area (Å²) in [6.07, 6.45) is 2.78. The van der Waals surface area contributed by atoms with Crippen LogP contribution in [0.4, 0.5) is 11.4 Å². The molecule has 144 valence electrons. The van der Waals surface area contributed by atoms with E-state index in [0.717, 1.165) is 35.7 Å². The standard InChI is InChI=1S/C22H29N3O2/c1-14-11-19(17(4)25(14)18-9-10-18)22(26)23-20-7-5-6-8-21(20)24-12-15(2)27-16(3)13-24/h5-8,11,15-16,18H,9-10,12-13H2,1-4H3,(H,23,26)/t15-,16-/m0/s1. The summed E-state index contributed by atoms with van der Waals surface area (Å²) in [7, 11) is 0. The van der Waals surface area contributed by atoms with Gasteiger partial charge in [0.2, 0.25) is 0 Å². The van der Waals surface area contributed by atoms with Gasteiger partial charge in [-0.3, -0.25) is 4.79 Å². The Morgan fingerprint density at radius 1 is 1.11 bits per heavy atom. The first kappa shape index (κ1) is 18.1. The van der Waals surface area contributed by atoms with Crippen LogP contribution in [0.25, 0.3) is 0 Å². The second-order valence-electron chi connectivity index (χ2n) is 8.02. The molecule has 5 heteroatoms. The molecule has 0 radical (unpaired) electrons. The van der Waals surface area contributed by atoms with Crippen molar-refractivity contribution in [2.24, 2.45) is 0 Å². The van der Waals surface area contributed by atoms with Crippen LogP contribution < -0.4 is 10.2 Å². The number of amides is 1. The van der Waals surface area contributed by atoms with Gasteiger partial charge in [0.15, 0.2) is 0 Å². The Morgan fingerprint density at radius 3 is 2.44 bits per heavy atom. The van der Waals surface area contributed by atoms with Gasteiger partial charge in [0.1, 0.15) is 0 Å². The van der Waals surface area contributed by atoms with Crippen LogP contribution in [0.1, 0.15) is 54.5 Å². The number of morpholine rings is 1. The molecule has 1 saturated carbocycles. The lowest BCUT2D eigenvalue weighted by atomic mass is 10.1. The van der Waals surface area contributed by atoms with Crippen LogP contribution >= 0.6 is 0 Å². The number of anilines is 2. The predicted molar refractivity (Wildman–Crippen MR) is 109 cm³/mol. The molecule has 2 aliphatic rings. The SMILES string of the molecule is Cc1cc(C(=O)Nc2ccccc2N2C[C@H](C)O[C@@H](C)C2)c(C)n1C1CC1. The fourth-order valence-electron chi connectivity index (χ4n) is 4.32. The van der Waals surface area contributed by atoms with Crippen molar-refractivity contribution in [3.63, 3.8) is 0 Å². The summed E-state index contributed by atoms with van der Waals surface area (Å²) in [5, 5.41) is 3.16. The minimum absolute atomic E-state index is 0.0307. The van der Waals surface area contributed by atoms with Gasteiger partial charge in [0.25, 0.3) is 5.91 Å². The van der Waals surface area contributed by atoms with Crippen molar-refractivity contribution in [3.8, 4) is 0 Å². The molecule has 2 heterocycles. The molecule has 5 nitrogen and oxygen atoms in total. The van der Waals surface area contributed by atoms with Crippen molar-refractivity contribution in [2.75, 3.05) is 23.3 Å². The van der Waals surface area contributed by atoms with E-state index >= 15 is 0 Å². The van der Waals surface area contributed by atoms with E-state index in [4.69, 9.17) is 4.74 Å². The number of aromatic nitrogens is 1. The van der Waals surface area contributed by atoms with Gasteiger partial charge in [-0.05, 0) is 58.7 Å². The molecule has 1 aromatic carbocycles. The van der Waals surface area contributed by atoms with Crippen LogP contribution in [0.5, 0.6) is 0 Å². The zero-order chi connectivity index (χ0) is 19.1. The Labute approximate surface area is 161 Å². The second kappa shape index (κ2) is 7.04. The number of nitrogens with zero attached hydrogens (tertiary/aromatic N) is 2. The summed E-state index contributed by atoms with van der Waals surface area (Å²) in [5.74, 6) is -0.0307. The summed E-state index contributed by atoms with van der Waals surface area (Å²) in [5.41, 5.74) is 4.93. The van der Waals surface area contributed by atoms with E-state index in [1.54, 1.807) is 0 Å². The van der Waals surface area contributed by atoms with E-state index in [0.29, 0.717) is 6.04 Å². The highest BCUT2D eigenvalue weighted by Gasteiger charge is 2.29. The van der Waals surface area contributed by atoms with Crippen LogP contribution in [0.2, 0.25) is 0 Å².